The van der Waals surface area contributed by atoms with Crippen molar-refractivity contribution in [3.63, 3.8) is 0 Å². The lowest BCUT2D eigenvalue weighted by atomic mass is 10.0. The smallest absolute Gasteiger partial charge is 0.222 e. The number of anilines is 1. The van der Waals surface area contributed by atoms with Crippen LogP contribution in [0.15, 0.2) is 21.1 Å². The number of nitrogen functional groups attached to an aromatic ring is 1. The molecule has 0 saturated heterocycles. The van der Waals surface area contributed by atoms with Crippen molar-refractivity contribution < 1.29 is 14.0 Å². The van der Waals surface area contributed by atoms with E-state index in [4.69, 9.17) is 5.73 Å². The van der Waals surface area contributed by atoms with Crippen molar-refractivity contribution in [1.29, 1.82) is 0 Å². The van der Waals surface area contributed by atoms with Crippen LogP contribution in [-0.4, -0.2) is 10.3 Å². The summed E-state index contributed by atoms with van der Waals surface area (Å²) in [4.78, 5) is 0. The largest absolute Gasteiger partial charge is 0.504 e. The predicted octanol–water partition coefficient (Wildman–Crippen LogP) is 2.84. The molecule has 0 atom stereocenters. The molecule has 84 valence electrons. The number of halogens is 2. The van der Waals surface area contributed by atoms with Crippen LogP contribution in [0, 0.1) is 12.7 Å². The Morgan fingerprint density at radius 1 is 1.50 bits per heavy atom. The van der Waals surface area contributed by atoms with Crippen molar-refractivity contribution in [3.05, 3.63) is 28.0 Å². The number of phenols is 1. The van der Waals surface area contributed by atoms with E-state index in [-0.39, 0.29) is 11.4 Å². The molecule has 1 aromatic heterocycles. The average Bonchev–Trinajstić information content (AvgIpc) is 2.62. The van der Waals surface area contributed by atoms with E-state index in [0.29, 0.717) is 15.7 Å². The van der Waals surface area contributed by atoms with Crippen LogP contribution in [0.1, 0.15) is 5.56 Å². The van der Waals surface area contributed by atoms with E-state index in [1.807, 2.05) is 0 Å². The van der Waals surface area contributed by atoms with Gasteiger partial charge in [0.1, 0.15) is 5.69 Å². The normalized spacial score (nSPS) is 10.7. The summed E-state index contributed by atoms with van der Waals surface area (Å²) < 4.78 is 18.6. The summed E-state index contributed by atoms with van der Waals surface area (Å²) in [6.45, 7) is 1.73. The Morgan fingerprint density at radius 2 is 2.19 bits per heavy atom. The minimum absolute atomic E-state index is 0.106. The van der Waals surface area contributed by atoms with Crippen LogP contribution in [0.5, 0.6) is 5.75 Å². The monoisotopic (exact) mass is 286 g/mol. The zero-order valence-electron chi connectivity index (χ0n) is 8.29. The third kappa shape index (κ3) is 1.65. The van der Waals surface area contributed by atoms with Gasteiger partial charge in [0.05, 0.1) is 5.56 Å². The fourth-order valence-corrected chi connectivity index (χ4v) is 1.82. The molecule has 0 amide bonds. The van der Waals surface area contributed by atoms with Gasteiger partial charge in [0.15, 0.2) is 11.6 Å². The Kier molecular flexibility index (Phi) is 2.59. The van der Waals surface area contributed by atoms with Crippen LogP contribution in [0.4, 0.5) is 10.3 Å². The van der Waals surface area contributed by atoms with Crippen LogP contribution in [0.2, 0.25) is 0 Å². The van der Waals surface area contributed by atoms with Gasteiger partial charge in [0.25, 0.3) is 0 Å². The van der Waals surface area contributed by atoms with Crippen molar-refractivity contribution >= 4 is 21.8 Å². The molecule has 0 aliphatic carbocycles. The maximum Gasteiger partial charge on any atom is 0.222 e. The predicted molar refractivity (Wildman–Crippen MR) is 60.4 cm³/mol. The summed E-state index contributed by atoms with van der Waals surface area (Å²) >= 11 is 3.19. The number of hydrogen-bond donors (Lipinski definition) is 2. The molecule has 0 fully saturated rings. The second-order valence-corrected chi connectivity index (χ2v) is 4.16. The molecule has 0 aliphatic rings. The zero-order valence-corrected chi connectivity index (χ0v) is 9.88. The van der Waals surface area contributed by atoms with Crippen molar-refractivity contribution in [2.24, 2.45) is 0 Å². The van der Waals surface area contributed by atoms with Gasteiger partial charge in [-0.2, -0.15) is 0 Å². The number of phenolic OH excluding ortho intramolecular Hbond substituents is 1. The van der Waals surface area contributed by atoms with Gasteiger partial charge in [0.2, 0.25) is 5.88 Å². The molecule has 1 aromatic carbocycles. The second-order valence-electron chi connectivity index (χ2n) is 3.30. The van der Waals surface area contributed by atoms with E-state index in [0.717, 1.165) is 0 Å². The molecule has 1 heterocycles. The Labute approximate surface area is 99.0 Å². The van der Waals surface area contributed by atoms with E-state index in [9.17, 15) is 9.50 Å². The summed E-state index contributed by atoms with van der Waals surface area (Å²) in [5, 5.41) is 13.3. The minimum atomic E-state index is -0.728. The quantitative estimate of drug-likeness (QED) is 0.846. The molecule has 3 N–H and O–H groups in total. The van der Waals surface area contributed by atoms with Gasteiger partial charge < -0.3 is 15.4 Å². The number of benzene rings is 1. The maximum atomic E-state index is 13.3. The number of hydrogen-bond acceptors (Lipinski definition) is 4. The standard InChI is InChI=1S/C10H8BrFN2O2/c1-4-5(11)2-6(12)10(15)9(4)7-3-8(13)16-14-7/h2-3,15H,13H2,1H3. The fraction of sp³-hybridized carbons (Fsp3) is 0.100. The Hall–Kier alpha value is -1.56. The van der Waals surface area contributed by atoms with Gasteiger partial charge in [-0.1, -0.05) is 21.1 Å². The van der Waals surface area contributed by atoms with Gasteiger partial charge >= 0.3 is 0 Å². The van der Waals surface area contributed by atoms with Crippen molar-refractivity contribution in [3.8, 4) is 17.0 Å². The molecule has 0 aliphatic heterocycles. The zero-order chi connectivity index (χ0) is 11.9. The van der Waals surface area contributed by atoms with Crippen LogP contribution in [0.3, 0.4) is 0 Å². The summed E-state index contributed by atoms with van der Waals surface area (Å²) in [5.74, 6) is -1.09. The first kappa shape index (κ1) is 10.9. The number of rotatable bonds is 1. The van der Waals surface area contributed by atoms with Gasteiger partial charge in [-0.3, -0.25) is 0 Å². The number of nitrogens with zero attached hydrogens (tertiary/aromatic N) is 1. The lowest BCUT2D eigenvalue weighted by Gasteiger charge is -2.08. The first-order valence-electron chi connectivity index (χ1n) is 4.41. The molecule has 2 aromatic rings. The molecule has 0 radical (unpaired) electrons. The first-order valence-corrected chi connectivity index (χ1v) is 5.20. The van der Waals surface area contributed by atoms with E-state index < -0.39 is 11.6 Å². The van der Waals surface area contributed by atoms with Crippen molar-refractivity contribution in [2.45, 2.75) is 6.92 Å². The highest BCUT2D eigenvalue weighted by Crippen LogP contribution is 2.38. The first-order chi connectivity index (χ1) is 7.50. The Bertz CT molecular complexity index is 528. The molecule has 0 spiro atoms. The van der Waals surface area contributed by atoms with Gasteiger partial charge in [-0.15, -0.1) is 0 Å². The van der Waals surface area contributed by atoms with Crippen LogP contribution in [-0.2, 0) is 0 Å². The molecular weight excluding hydrogens is 279 g/mol. The van der Waals surface area contributed by atoms with E-state index in [1.54, 1.807) is 6.92 Å². The van der Waals surface area contributed by atoms with Crippen molar-refractivity contribution in [2.75, 3.05) is 5.73 Å². The third-order valence-electron chi connectivity index (χ3n) is 2.23. The fourth-order valence-electron chi connectivity index (χ4n) is 1.42. The topological polar surface area (TPSA) is 72.3 Å². The number of nitrogens with two attached hydrogens (primary N) is 1. The SMILES string of the molecule is Cc1c(Br)cc(F)c(O)c1-c1cc(N)on1. The number of aromatic nitrogens is 1. The maximum absolute atomic E-state index is 13.3. The summed E-state index contributed by atoms with van der Waals surface area (Å²) in [7, 11) is 0. The second kappa shape index (κ2) is 3.79. The molecule has 0 unspecified atom stereocenters. The Morgan fingerprint density at radius 3 is 2.75 bits per heavy atom. The molecule has 16 heavy (non-hydrogen) atoms. The van der Waals surface area contributed by atoms with Gasteiger partial charge in [0, 0.05) is 10.5 Å². The summed E-state index contributed by atoms with van der Waals surface area (Å²) in [6.07, 6.45) is 0. The highest BCUT2D eigenvalue weighted by Gasteiger charge is 2.18. The minimum Gasteiger partial charge on any atom is -0.504 e. The summed E-state index contributed by atoms with van der Waals surface area (Å²) in [6, 6.07) is 2.62. The molecule has 0 saturated carbocycles. The van der Waals surface area contributed by atoms with Crippen LogP contribution in [0.25, 0.3) is 11.3 Å². The van der Waals surface area contributed by atoms with Gasteiger partial charge in [-0.25, -0.2) is 4.39 Å². The molecule has 4 nitrogen and oxygen atoms in total. The van der Waals surface area contributed by atoms with E-state index in [1.165, 1.54) is 12.1 Å². The molecule has 0 bridgehead atoms. The van der Waals surface area contributed by atoms with Crippen LogP contribution >= 0.6 is 15.9 Å². The third-order valence-corrected chi connectivity index (χ3v) is 3.06. The Balaban J connectivity index is 2.73. The summed E-state index contributed by atoms with van der Waals surface area (Å²) in [5.41, 5.74) is 6.60. The molecular formula is C10H8BrFN2O2. The van der Waals surface area contributed by atoms with E-state index >= 15 is 0 Å². The average molecular weight is 287 g/mol. The van der Waals surface area contributed by atoms with Crippen molar-refractivity contribution in [1.82, 2.24) is 5.16 Å². The lowest BCUT2D eigenvalue weighted by Crippen LogP contribution is -1.90. The van der Waals surface area contributed by atoms with E-state index in [2.05, 4.69) is 25.6 Å². The van der Waals surface area contributed by atoms with Crippen LogP contribution < -0.4 is 5.73 Å². The lowest BCUT2D eigenvalue weighted by molar-refractivity contribution is 0.427. The highest BCUT2D eigenvalue weighted by atomic mass is 79.9. The number of aromatic hydroxyl groups is 1. The van der Waals surface area contributed by atoms with Gasteiger partial charge in [-0.05, 0) is 18.6 Å². The highest BCUT2D eigenvalue weighted by molar-refractivity contribution is 9.10. The molecule has 6 heteroatoms. The molecule has 2 rings (SSSR count).